The summed E-state index contributed by atoms with van der Waals surface area (Å²) in [5.74, 6) is 0. The van der Waals surface area contributed by atoms with Gasteiger partial charge in [-0.05, 0) is 13.3 Å². The molecule has 7 nitrogen and oxygen atoms in total. The van der Waals surface area contributed by atoms with Gasteiger partial charge in [-0.3, -0.25) is 9.58 Å². The molecule has 0 aromatic carbocycles. The minimum atomic E-state index is 0.322. The fourth-order valence-corrected chi connectivity index (χ4v) is 2.37. The number of hydrogen-bond acceptors (Lipinski definition) is 6. The Kier molecular flexibility index (Phi) is 3.01. The molecule has 2 aromatic heterocycles. The predicted octanol–water partition coefficient (Wildman–Crippen LogP) is 0.893. The Morgan fingerprint density at radius 1 is 1.53 bits per heavy atom. The maximum Gasteiger partial charge on any atom is 0.122 e. The highest BCUT2D eigenvalue weighted by atomic mass is 16.6. The molecular formula is C12H14N6O. The van der Waals surface area contributed by atoms with E-state index in [0.29, 0.717) is 11.6 Å². The number of aromatic nitrogens is 4. The van der Waals surface area contributed by atoms with E-state index < -0.39 is 0 Å². The molecule has 0 bridgehead atoms. The van der Waals surface area contributed by atoms with E-state index in [2.05, 4.69) is 26.4 Å². The first-order valence-corrected chi connectivity index (χ1v) is 6.21. The lowest BCUT2D eigenvalue weighted by Crippen LogP contribution is -2.22. The molecule has 98 valence electrons. The zero-order chi connectivity index (χ0) is 13.2. The van der Waals surface area contributed by atoms with Crippen LogP contribution in [0.25, 0.3) is 0 Å². The first-order chi connectivity index (χ1) is 9.26. The molecule has 3 rings (SSSR count). The maximum atomic E-state index is 8.81. The average molecular weight is 258 g/mol. The normalized spacial score (nSPS) is 19.7. The summed E-state index contributed by atoms with van der Waals surface area (Å²) in [6, 6.07) is 2.42. The SMILES string of the molecule is Cc1nonc1CN1CCC(n2cc(C#N)cn2)C1. The van der Waals surface area contributed by atoms with Gasteiger partial charge in [-0.1, -0.05) is 10.3 Å². The Hall–Kier alpha value is -2.20. The lowest BCUT2D eigenvalue weighted by atomic mass is 10.3. The minimum Gasteiger partial charge on any atom is -0.295 e. The molecule has 3 heterocycles. The van der Waals surface area contributed by atoms with E-state index >= 15 is 0 Å². The third-order valence-electron chi connectivity index (χ3n) is 3.47. The van der Waals surface area contributed by atoms with E-state index in [0.717, 1.165) is 37.4 Å². The highest BCUT2D eigenvalue weighted by Gasteiger charge is 2.25. The van der Waals surface area contributed by atoms with Gasteiger partial charge in [0.25, 0.3) is 0 Å². The van der Waals surface area contributed by atoms with Crippen LogP contribution in [0, 0.1) is 18.3 Å². The van der Waals surface area contributed by atoms with Crippen molar-refractivity contribution in [3.63, 3.8) is 0 Å². The average Bonchev–Trinajstić information content (AvgIpc) is 3.12. The zero-order valence-corrected chi connectivity index (χ0v) is 10.7. The second-order valence-corrected chi connectivity index (χ2v) is 4.79. The lowest BCUT2D eigenvalue weighted by Gasteiger charge is -2.14. The summed E-state index contributed by atoms with van der Waals surface area (Å²) < 4.78 is 6.59. The molecule has 1 aliphatic rings. The van der Waals surface area contributed by atoms with Crippen LogP contribution in [-0.2, 0) is 6.54 Å². The first kappa shape index (κ1) is 11.9. The maximum absolute atomic E-state index is 8.81. The largest absolute Gasteiger partial charge is 0.295 e. The summed E-state index contributed by atoms with van der Waals surface area (Å²) in [6.45, 7) is 4.53. The van der Waals surface area contributed by atoms with Crippen molar-refractivity contribution in [1.82, 2.24) is 25.0 Å². The van der Waals surface area contributed by atoms with Gasteiger partial charge < -0.3 is 0 Å². The van der Waals surface area contributed by atoms with Crippen molar-refractivity contribution in [2.24, 2.45) is 0 Å². The van der Waals surface area contributed by atoms with Crippen LogP contribution in [0.1, 0.15) is 29.4 Å². The van der Waals surface area contributed by atoms with Gasteiger partial charge in [-0.2, -0.15) is 10.4 Å². The van der Waals surface area contributed by atoms with Gasteiger partial charge in [0.05, 0.1) is 17.8 Å². The topological polar surface area (TPSA) is 83.8 Å². The number of nitriles is 1. The first-order valence-electron chi connectivity index (χ1n) is 6.21. The summed E-state index contributed by atoms with van der Waals surface area (Å²) in [6.07, 6.45) is 4.43. The molecular weight excluding hydrogens is 244 g/mol. The fourth-order valence-electron chi connectivity index (χ4n) is 2.37. The summed E-state index contributed by atoms with van der Waals surface area (Å²) in [5.41, 5.74) is 2.34. The standard InChI is InChI=1S/C12H14N6O/c1-9-12(16-19-15-9)8-17-3-2-11(7-17)18-6-10(4-13)5-14-18/h5-6,11H,2-3,7-8H2,1H3. The van der Waals surface area contributed by atoms with E-state index in [1.807, 2.05) is 11.6 Å². The number of rotatable bonds is 3. The van der Waals surface area contributed by atoms with E-state index in [9.17, 15) is 0 Å². The molecule has 0 saturated carbocycles. The Morgan fingerprint density at radius 3 is 3.11 bits per heavy atom. The number of hydrogen-bond donors (Lipinski definition) is 0. The smallest absolute Gasteiger partial charge is 0.122 e. The van der Waals surface area contributed by atoms with Gasteiger partial charge >= 0.3 is 0 Å². The van der Waals surface area contributed by atoms with Crippen LogP contribution in [-0.4, -0.2) is 38.1 Å². The molecule has 7 heteroatoms. The van der Waals surface area contributed by atoms with Gasteiger partial charge in [0.15, 0.2) is 0 Å². The van der Waals surface area contributed by atoms with Crippen LogP contribution in [0.5, 0.6) is 0 Å². The molecule has 1 atom stereocenters. The van der Waals surface area contributed by atoms with E-state index in [1.165, 1.54) is 0 Å². The second-order valence-electron chi connectivity index (χ2n) is 4.79. The van der Waals surface area contributed by atoms with Crippen molar-refractivity contribution in [3.8, 4) is 6.07 Å². The van der Waals surface area contributed by atoms with Gasteiger partial charge in [-0.25, -0.2) is 4.63 Å². The van der Waals surface area contributed by atoms with Crippen molar-refractivity contribution in [3.05, 3.63) is 29.3 Å². The molecule has 19 heavy (non-hydrogen) atoms. The molecule has 1 aliphatic heterocycles. The molecule has 0 amide bonds. The van der Waals surface area contributed by atoms with Crippen LogP contribution in [0.4, 0.5) is 0 Å². The molecule has 2 aromatic rings. The van der Waals surface area contributed by atoms with Crippen LogP contribution in [0.2, 0.25) is 0 Å². The third kappa shape index (κ3) is 2.35. The summed E-state index contributed by atoms with van der Waals surface area (Å²) in [4.78, 5) is 2.30. The van der Waals surface area contributed by atoms with E-state index in [-0.39, 0.29) is 0 Å². The Bertz CT molecular complexity index is 610. The molecule has 0 spiro atoms. The van der Waals surface area contributed by atoms with Crippen LogP contribution in [0.3, 0.4) is 0 Å². The van der Waals surface area contributed by atoms with Crippen LogP contribution in [0.15, 0.2) is 17.0 Å². The lowest BCUT2D eigenvalue weighted by molar-refractivity contribution is 0.277. The van der Waals surface area contributed by atoms with Crippen LogP contribution >= 0.6 is 0 Å². The molecule has 0 aliphatic carbocycles. The van der Waals surface area contributed by atoms with Crippen molar-refractivity contribution in [2.75, 3.05) is 13.1 Å². The van der Waals surface area contributed by atoms with Crippen molar-refractivity contribution in [2.45, 2.75) is 25.9 Å². The second kappa shape index (κ2) is 4.82. The third-order valence-corrected chi connectivity index (χ3v) is 3.47. The number of likely N-dealkylation sites (tertiary alicyclic amines) is 1. The van der Waals surface area contributed by atoms with Gasteiger partial charge in [-0.15, -0.1) is 0 Å². The number of nitrogens with zero attached hydrogens (tertiary/aromatic N) is 6. The quantitative estimate of drug-likeness (QED) is 0.813. The van der Waals surface area contributed by atoms with Gasteiger partial charge in [0.2, 0.25) is 0 Å². The Labute approximate surface area is 110 Å². The molecule has 1 unspecified atom stereocenters. The highest BCUT2D eigenvalue weighted by Crippen LogP contribution is 2.22. The predicted molar refractivity (Wildman–Crippen MR) is 64.9 cm³/mol. The van der Waals surface area contributed by atoms with E-state index in [4.69, 9.17) is 9.89 Å². The molecule has 0 N–H and O–H groups in total. The summed E-state index contributed by atoms with van der Waals surface area (Å²) >= 11 is 0. The van der Waals surface area contributed by atoms with Crippen molar-refractivity contribution in [1.29, 1.82) is 5.26 Å². The van der Waals surface area contributed by atoms with Gasteiger partial charge in [0.1, 0.15) is 17.5 Å². The molecule has 0 radical (unpaired) electrons. The summed E-state index contributed by atoms with van der Waals surface area (Å²) in [5, 5.41) is 20.7. The summed E-state index contributed by atoms with van der Waals surface area (Å²) in [7, 11) is 0. The van der Waals surface area contributed by atoms with Crippen molar-refractivity contribution < 1.29 is 4.63 Å². The number of aryl methyl sites for hydroxylation is 1. The van der Waals surface area contributed by atoms with Crippen LogP contribution < -0.4 is 0 Å². The van der Waals surface area contributed by atoms with Crippen molar-refractivity contribution >= 4 is 0 Å². The minimum absolute atomic E-state index is 0.322. The highest BCUT2D eigenvalue weighted by molar-refractivity contribution is 5.22. The molecule has 1 fully saturated rings. The Morgan fingerprint density at radius 2 is 2.42 bits per heavy atom. The Balaban J connectivity index is 1.64. The molecule has 1 saturated heterocycles. The van der Waals surface area contributed by atoms with E-state index in [1.54, 1.807) is 12.4 Å². The van der Waals surface area contributed by atoms with Gasteiger partial charge in [0, 0.05) is 25.8 Å². The monoisotopic (exact) mass is 258 g/mol. The zero-order valence-electron chi connectivity index (χ0n) is 10.7. The fraction of sp³-hybridized carbons (Fsp3) is 0.500.